The lowest BCUT2D eigenvalue weighted by Crippen LogP contribution is -2.47. The first kappa shape index (κ1) is 13.0. The van der Waals surface area contributed by atoms with Crippen molar-refractivity contribution in [2.24, 2.45) is 0 Å². The molecule has 1 aliphatic rings. The summed E-state index contributed by atoms with van der Waals surface area (Å²) in [7, 11) is 0. The van der Waals surface area contributed by atoms with E-state index in [0.29, 0.717) is 5.02 Å². The molecule has 0 unspecified atom stereocenters. The lowest BCUT2D eigenvalue weighted by Gasteiger charge is -2.36. The van der Waals surface area contributed by atoms with Gasteiger partial charge >= 0.3 is 0 Å². The minimum Gasteiger partial charge on any atom is -0.397 e. The van der Waals surface area contributed by atoms with Gasteiger partial charge in [0.1, 0.15) is 0 Å². The van der Waals surface area contributed by atoms with Crippen molar-refractivity contribution in [3.05, 3.63) is 41.7 Å². The molecule has 1 saturated heterocycles. The van der Waals surface area contributed by atoms with Crippen LogP contribution in [0.15, 0.2) is 36.7 Å². The standard InChI is InChI=1S/C14H16ClN5/c15-11-2-3-13(12(16)10-11)19-6-8-20(9-7-19)14-17-4-1-5-18-14/h1-5,10H,6-9,16H2. The first-order valence-corrected chi connectivity index (χ1v) is 6.94. The van der Waals surface area contributed by atoms with E-state index in [2.05, 4.69) is 19.8 Å². The molecule has 104 valence electrons. The second-order valence-corrected chi connectivity index (χ2v) is 5.16. The number of rotatable bonds is 2. The van der Waals surface area contributed by atoms with Crippen molar-refractivity contribution in [1.82, 2.24) is 9.97 Å². The van der Waals surface area contributed by atoms with Crippen molar-refractivity contribution < 1.29 is 0 Å². The number of anilines is 3. The fourth-order valence-electron chi connectivity index (χ4n) is 2.42. The van der Waals surface area contributed by atoms with Crippen molar-refractivity contribution in [2.45, 2.75) is 0 Å². The van der Waals surface area contributed by atoms with E-state index in [1.807, 2.05) is 18.2 Å². The molecule has 6 heteroatoms. The van der Waals surface area contributed by atoms with Crippen LogP contribution in [0.5, 0.6) is 0 Å². The van der Waals surface area contributed by atoms with Crippen molar-refractivity contribution in [2.75, 3.05) is 41.7 Å². The van der Waals surface area contributed by atoms with Crippen molar-refractivity contribution in [1.29, 1.82) is 0 Å². The zero-order valence-corrected chi connectivity index (χ0v) is 11.8. The monoisotopic (exact) mass is 289 g/mol. The molecule has 0 radical (unpaired) electrons. The van der Waals surface area contributed by atoms with Crippen LogP contribution in [0.2, 0.25) is 5.02 Å². The number of nitrogens with two attached hydrogens (primary N) is 1. The van der Waals surface area contributed by atoms with E-state index in [9.17, 15) is 0 Å². The van der Waals surface area contributed by atoms with Gasteiger partial charge in [-0.2, -0.15) is 0 Å². The average molecular weight is 290 g/mol. The van der Waals surface area contributed by atoms with Crippen LogP contribution in [0.1, 0.15) is 0 Å². The van der Waals surface area contributed by atoms with Crippen molar-refractivity contribution in [3.63, 3.8) is 0 Å². The molecular weight excluding hydrogens is 274 g/mol. The molecule has 0 spiro atoms. The minimum atomic E-state index is 0.669. The number of benzene rings is 1. The number of nitrogen functional groups attached to an aromatic ring is 1. The van der Waals surface area contributed by atoms with Gasteiger partial charge in [0.25, 0.3) is 0 Å². The first-order chi connectivity index (χ1) is 9.74. The predicted molar refractivity (Wildman–Crippen MR) is 82.3 cm³/mol. The zero-order valence-electron chi connectivity index (χ0n) is 11.0. The van der Waals surface area contributed by atoms with E-state index >= 15 is 0 Å². The highest BCUT2D eigenvalue weighted by Gasteiger charge is 2.20. The maximum Gasteiger partial charge on any atom is 0.225 e. The molecular formula is C14H16ClN5. The topological polar surface area (TPSA) is 58.3 Å². The van der Waals surface area contributed by atoms with Gasteiger partial charge in [-0.25, -0.2) is 9.97 Å². The van der Waals surface area contributed by atoms with Gasteiger partial charge in [-0.05, 0) is 24.3 Å². The molecule has 3 rings (SSSR count). The third kappa shape index (κ3) is 2.63. The van der Waals surface area contributed by atoms with E-state index in [1.165, 1.54) is 0 Å². The Bertz CT molecular complexity index is 581. The summed E-state index contributed by atoms with van der Waals surface area (Å²) in [5, 5.41) is 0.669. The largest absolute Gasteiger partial charge is 0.397 e. The van der Waals surface area contributed by atoms with Crippen LogP contribution >= 0.6 is 11.6 Å². The van der Waals surface area contributed by atoms with Crippen LogP contribution in [0.3, 0.4) is 0 Å². The van der Waals surface area contributed by atoms with Gasteiger partial charge in [0, 0.05) is 43.6 Å². The van der Waals surface area contributed by atoms with Gasteiger partial charge in [-0.15, -0.1) is 0 Å². The molecule has 0 atom stereocenters. The summed E-state index contributed by atoms with van der Waals surface area (Å²) < 4.78 is 0. The van der Waals surface area contributed by atoms with Crippen LogP contribution in [0, 0.1) is 0 Å². The van der Waals surface area contributed by atoms with E-state index < -0.39 is 0 Å². The third-order valence-electron chi connectivity index (χ3n) is 3.44. The molecule has 1 aromatic carbocycles. The van der Waals surface area contributed by atoms with Gasteiger partial charge in [-0.1, -0.05) is 11.6 Å². The van der Waals surface area contributed by atoms with E-state index in [-0.39, 0.29) is 0 Å². The minimum absolute atomic E-state index is 0.669. The van der Waals surface area contributed by atoms with E-state index in [4.69, 9.17) is 17.3 Å². The number of hydrogen-bond acceptors (Lipinski definition) is 5. The van der Waals surface area contributed by atoms with Crippen LogP contribution in [0.25, 0.3) is 0 Å². The zero-order chi connectivity index (χ0) is 13.9. The second-order valence-electron chi connectivity index (χ2n) is 4.73. The summed E-state index contributed by atoms with van der Waals surface area (Å²) in [6.07, 6.45) is 3.54. The first-order valence-electron chi connectivity index (χ1n) is 6.56. The van der Waals surface area contributed by atoms with Crippen molar-refractivity contribution >= 4 is 28.9 Å². The molecule has 2 aromatic rings. The Hall–Kier alpha value is -2.01. The van der Waals surface area contributed by atoms with Crippen LogP contribution in [-0.2, 0) is 0 Å². The Kier molecular flexibility index (Phi) is 3.60. The Morgan fingerprint density at radius 1 is 1.00 bits per heavy atom. The molecule has 2 heterocycles. The number of hydrogen-bond donors (Lipinski definition) is 1. The maximum atomic E-state index is 6.03. The number of aromatic nitrogens is 2. The summed E-state index contributed by atoms with van der Waals surface area (Å²) in [6.45, 7) is 3.55. The smallest absolute Gasteiger partial charge is 0.225 e. The lowest BCUT2D eigenvalue weighted by atomic mass is 10.2. The summed E-state index contributed by atoms with van der Waals surface area (Å²) in [6, 6.07) is 7.48. The highest BCUT2D eigenvalue weighted by atomic mass is 35.5. The summed E-state index contributed by atoms with van der Waals surface area (Å²) in [5.41, 5.74) is 7.80. The fourth-order valence-corrected chi connectivity index (χ4v) is 2.60. The number of piperazine rings is 1. The van der Waals surface area contributed by atoms with Crippen LogP contribution < -0.4 is 15.5 Å². The SMILES string of the molecule is Nc1cc(Cl)ccc1N1CCN(c2ncccn2)CC1. The number of halogens is 1. The Labute approximate surface area is 123 Å². The summed E-state index contributed by atoms with van der Waals surface area (Å²) in [5.74, 6) is 0.788. The van der Waals surface area contributed by atoms with Crippen LogP contribution in [-0.4, -0.2) is 36.1 Å². The van der Waals surface area contributed by atoms with Gasteiger partial charge in [0.05, 0.1) is 11.4 Å². The fraction of sp³-hybridized carbons (Fsp3) is 0.286. The van der Waals surface area contributed by atoms with Crippen molar-refractivity contribution in [3.8, 4) is 0 Å². The summed E-state index contributed by atoms with van der Waals surface area (Å²) >= 11 is 5.94. The highest BCUT2D eigenvalue weighted by molar-refractivity contribution is 6.31. The molecule has 0 aliphatic carbocycles. The lowest BCUT2D eigenvalue weighted by molar-refractivity contribution is 0.640. The average Bonchev–Trinajstić information content (AvgIpc) is 2.48. The Morgan fingerprint density at radius 2 is 1.65 bits per heavy atom. The predicted octanol–water partition coefficient (Wildman–Crippen LogP) is 2.04. The van der Waals surface area contributed by atoms with E-state index in [1.54, 1.807) is 18.5 Å². The molecule has 1 aromatic heterocycles. The molecule has 2 N–H and O–H groups in total. The Morgan fingerprint density at radius 3 is 2.30 bits per heavy atom. The van der Waals surface area contributed by atoms with Crippen LogP contribution in [0.4, 0.5) is 17.3 Å². The number of nitrogens with zero attached hydrogens (tertiary/aromatic N) is 4. The second kappa shape index (κ2) is 5.54. The quantitative estimate of drug-likeness (QED) is 0.858. The van der Waals surface area contributed by atoms with Gasteiger partial charge in [-0.3, -0.25) is 0 Å². The van der Waals surface area contributed by atoms with Gasteiger partial charge in [0.2, 0.25) is 5.95 Å². The molecule has 0 saturated carbocycles. The molecule has 0 amide bonds. The Balaban J connectivity index is 1.69. The van der Waals surface area contributed by atoms with E-state index in [0.717, 1.165) is 43.5 Å². The molecule has 1 aliphatic heterocycles. The third-order valence-corrected chi connectivity index (χ3v) is 3.68. The molecule has 20 heavy (non-hydrogen) atoms. The van der Waals surface area contributed by atoms with Gasteiger partial charge in [0.15, 0.2) is 0 Å². The maximum absolute atomic E-state index is 6.03. The summed E-state index contributed by atoms with van der Waals surface area (Å²) in [4.78, 5) is 13.0. The molecule has 1 fully saturated rings. The molecule has 5 nitrogen and oxygen atoms in total. The normalized spacial score (nSPS) is 15.4. The molecule has 0 bridgehead atoms. The highest BCUT2D eigenvalue weighted by Crippen LogP contribution is 2.27. The van der Waals surface area contributed by atoms with Gasteiger partial charge < -0.3 is 15.5 Å².